The summed E-state index contributed by atoms with van der Waals surface area (Å²) in [5.41, 5.74) is 0.147. The van der Waals surface area contributed by atoms with Crippen LogP contribution in [0.25, 0.3) is 10.9 Å². The number of hydrogen-bond donors (Lipinski definition) is 2. The van der Waals surface area contributed by atoms with Crippen molar-refractivity contribution in [1.29, 1.82) is 0 Å². The number of amides is 1. The lowest BCUT2D eigenvalue weighted by Crippen LogP contribution is -2.54. The molecule has 0 saturated carbocycles. The number of carboxylic acids is 1. The number of carbonyl (C=O) groups excluding carboxylic acids is 1. The molecule has 0 radical (unpaired) electrons. The van der Waals surface area contributed by atoms with Crippen LogP contribution >= 0.6 is 11.6 Å². The van der Waals surface area contributed by atoms with Crippen molar-refractivity contribution in [3.05, 3.63) is 64.4 Å². The fourth-order valence-electron chi connectivity index (χ4n) is 5.03. The van der Waals surface area contributed by atoms with Crippen LogP contribution in [0.2, 0.25) is 5.02 Å². The zero-order valence-electron chi connectivity index (χ0n) is 19.9. The molecule has 3 aromatic rings. The Morgan fingerprint density at radius 2 is 1.66 bits per heavy atom. The average Bonchev–Trinajstić information content (AvgIpc) is 3.28. The molecule has 2 fully saturated rings. The zero-order chi connectivity index (χ0) is 27.2. The fraction of sp³-hybridized carbons (Fsp3) is 0.360. The number of benzene rings is 2. The maximum Gasteiger partial charge on any atom is 0.451 e. The van der Waals surface area contributed by atoms with Gasteiger partial charge in [-0.25, -0.2) is 14.8 Å². The number of aromatic carboxylic acids is 1. The molecule has 13 heteroatoms. The Hall–Kier alpha value is -3.48. The van der Waals surface area contributed by atoms with E-state index in [-0.39, 0.29) is 41.3 Å². The third kappa shape index (κ3) is 4.98. The van der Waals surface area contributed by atoms with Crippen molar-refractivity contribution in [1.82, 2.24) is 19.8 Å². The molecule has 200 valence electrons. The average molecular weight is 550 g/mol. The first-order chi connectivity index (χ1) is 18.0. The minimum atomic E-state index is -4.84. The van der Waals surface area contributed by atoms with Crippen LogP contribution < -0.4 is 4.90 Å². The van der Waals surface area contributed by atoms with Crippen molar-refractivity contribution in [3.8, 4) is 0 Å². The van der Waals surface area contributed by atoms with Crippen LogP contribution in [0.1, 0.15) is 26.5 Å². The van der Waals surface area contributed by atoms with Gasteiger partial charge < -0.3 is 20.0 Å². The van der Waals surface area contributed by atoms with E-state index in [0.717, 1.165) is 0 Å². The lowest BCUT2D eigenvalue weighted by molar-refractivity contribution is -0.144. The Morgan fingerprint density at radius 1 is 0.974 bits per heavy atom. The van der Waals surface area contributed by atoms with Crippen molar-refractivity contribution >= 4 is 40.2 Å². The predicted octanol–water partition coefficient (Wildman–Crippen LogP) is 3.01. The number of aliphatic hydroxyl groups excluding tert-OH is 1. The van der Waals surface area contributed by atoms with Crippen molar-refractivity contribution < 1.29 is 33.0 Å². The first-order valence-electron chi connectivity index (χ1n) is 11.9. The number of β-amino-alcohol motifs (C(OH)–C–C–N with tert-alkyl or cyclic N) is 1. The highest BCUT2D eigenvalue weighted by molar-refractivity contribution is 6.30. The number of hydrogen-bond acceptors (Lipinski definition) is 7. The summed E-state index contributed by atoms with van der Waals surface area (Å²) >= 11 is 5.90. The molecule has 38 heavy (non-hydrogen) atoms. The summed E-state index contributed by atoms with van der Waals surface area (Å²) in [4.78, 5) is 37.1. The van der Waals surface area contributed by atoms with E-state index in [1.54, 1.807) is 29.2 Å². The van der Waals surface area contributed by atoms with Gasteiger partial charge in [0.1, 0.15) is 5.82 Å². The molecule has 9 nitrogen and oxygen atoms in total. The summed E-state index contributed by atoms with van der Waals surface area (Å²) in [6.07, 6.45) is -5.77. The molecule has 5 rings (SSSR count). The predicted molar refractivity (Wildman–Crippen MR) is 132 cm³/mol. The molecular formula is C25H23ClF3N5O4. The molecule has 0 unspecified atom stereocenters. The minimum Gasteiger partial charge on any atom is -0.478 e. The number of aliphatic hydroxyl groups is 1. The first-order valence-corrected chi connectivity index (χ1v) is 12.2. The number of carboxylic acid groups (broad SMARTS) is 1. The molecule has 2 aliphatic rings. The number of carbonyl (C=O) groups is 2. The van der Waals surface area contributed by atoms with E-state index in [2.05, 4.69) is 9.97 Å². The Kier molecular flexibility index (Phi) is 6.88. The topological polar surface area (TPSA) is 110 Å². The molecule has 2 aromatic carbocycles. The number of rotatable bonds is 4. The molecule has 2 N–H and O–H groups in total. The van der Waals surface area contributed by atoms with Gasteiger partial charge in [-0.15, -0.1) is 0 Å². The van der Waals surface area contributed by atoms with Crippen molar-refractivity contribution in [3.63, 3.8) is 0 Å². The maximum atomic E-state index is 13.6. The number of halogens is 4. The highest BCUT2D eigenvalue weighted by Crippen LogP contribution is 2.35. The second-order valence-electron chi connectivity index (χ2n) is 9.25. The fourth-order valence-corrected chi connectivity index (χ4v) is 5.16. The van der Waals surface area contributed by atoms with Gasteiger partial charge in [0.05, 0.1) is 28.6 Å². The number of nitrogens with zero attached hydrogens (tertiary/aromatic N) is 5. The summed E-state index contributed by atoms with van der Waals surface area (Å²) < 4.78 is 40.7. The largest absolute Gasteiger partial charge is 0.478 e. The van der Waals surface area contributed by atoms with E-state index < -0.39 is 30.1 Å². The SMILES string of the molecule is O=C(O)c1cccc2nc(C(F)(F)F)nc(N3C[C@@H](O)[C@H](N4CCN(C(=O)c5ccc(Cl)cc5)CC4)C3)c12. The number of piperazine rings is 1. The number of fused-ring (bicyclic) bond motifs is 1. The summed E-state index contributed by atoms with van der Waals surface area (Å²) in [7, 11) is 0. The van der Waals surface area contributed by atoms with Gasteiger partial charge in [0, 0.05) is 49.9 Å². The molecule has 0 aliphatic carbocycles. The van der Waals surface area contributed by atoms with Gasteiger partial charge in [0.15, 0.2) is 0 Å². The van der Waals surface area contributed by atoms with E-state index in [0.29, 0.717) is 36.8 Å². The molecule has 2 saturated heterocycles. The molecular weight excluding hydrogens is 527 g/mol. The smallest absolute Gasteiger partial charge is 0.451 e. The van der Waals surface area contributed by atoms with Crippen LogP contribution in [0.3, 0.4) is 0 Å². The highest BCUT2D eigenvalue weighted by Gasteiger charge is 2.41. The highest BCUT2D eigenvalue weighted by atomic mass is 35.5. The monoisotopic (exact) mass is 549 g/mol. The van der Waals surface area contributed by atoms with Crippen molar-refractivity contribution in [2.45, 2.75) is 18.3 Å². The Balaban J connectivity index is 1.37. The third-order valence-corrected chi connectivity index (χ3v) is 7.16. The third-order valence-electron chi connectivity index (χ3n) is 6.91. The Morgan fingerprint density at radius 3 is 2.29 bits per heavy atom. The second-order valence-corrected chi connectivity index (χ2v) is 9.68. The zero-order valence-corrected chi connectivity index (χ0v) is 20.7. The molecule has 1 amide bonds. The molecule has 3 heterocycles. The summed E-state index contributed by atoms with van der Waals surface area (Å²) in [6.45, 7) is 1.81. The van der Waals surface area contributed by atoms with E-state index >= 15 is 0 Å². The summed E-state index contributed by atoms with van der Waals surface area (Å²) in [5, 5.41) is 21.0. The van der Waals surface area contributed by atoms with E-state index in [1.807, 2.05) is 4.90 Å². The van der Waals surface area contributed by atoms with E-state index in [9.17, 15) is 33.0 Å². The second kappa shape index (κ2) is 10.0. The molecule has 2 atom stereocenters. The number of aromatic nitrogens is 2. The van der Waals surface area contributed by atoms with Crippen molar-refractivity contribution in [2.24, 2.45) is 0 Å². The van der Waals surface area contributed by atoms with Gasteiger partial charge in [0.25, 0.3) is 5.91 Å². The summed E-state index contributed by atoms with van der Waals surface area (Å²) in [6, 6.07) is 10.1. The van der Waals surface area contributed by atoms with Crippen molar-refractivity contribution in [2.75, 3.05) is 44.2 Å². The quantitative estimate of drug-likeness (QED) is 0.511. The first kappa shape index (κ1) is 26.1. The van der Waals surface area contributed by atoms with Crippen LogP contribution in [0.15, 0.2) is 42.5 Å². The van der Waals surface area contributed by atoms with Crippen LogP contribution in [0, 0.1) is 0 Å². The van der Waals surface area contributed by atoms with E-state index in [4.69, 9.17) is 11.6 Å². The van der Waals surface area contributed by atoms with Crippen LogP contribution in [-0.4, -0.2) is 93.3 Å². The molecule has 0 spiro atoms. The van der Waals surface area contributed by atoms with Crippen LogP contribution in [0.4, 0.5) is 19.0 Å². The van der Waals surface area contributed by atoms with Gasteiger partial charge in [0.2, 0.25) is 5.82 Å². The lowest BCUT2D eigenvalue weighted by atomic mass is 10.1. The van der Waals surface area contributed by atoms with Gasteiger partial charge in [-0.2, -0.15) is 13.2 Å². The molecule has 1 aromatic heterocycles. The van der Waals surface area contributed by atoms with E-state index in [1.165, 1.54) is 23.1 Å². The Bertz CT molecular complexity index is 1380. The van der Waals surface area contributed by atoms with Gasteiger partial charge in [-0.3, -0.25) is 9.69 Å². The summed E-state index contributed by atoms with van der Waals surface area (Å²) in [5.74, 6) is -3.02. The Labute approximate surface area is 220 Å². The van der Waals surface area contributed by atoms with Crippen LogP contribution in [-0.2, 0) is 6.18 Å². The molecule has 0 bridgehead atoms. The van der Waals surface area contributed by atoms with Crippen LogP contribution in [0.5, 0.6) is 0 Å². The number of anilines is 1. The lowest BCUT2D eigenvalue weighted by Gasteiger charge is -2.38. The van der Waals surface area contributed by atoms with Gasteiger partial charge in [-0.05, 0) is 36.4 Å². The molecule has 2 aliphatic heterocycles. The minimum absolute atomic E-state index is 0.0146. The van der Waals surface area contributed by atoms with Gasteiger partial charge >= 0.3 is 12.1 Å². The normalized spacial score (nSPS) is 20.8. The maximum absolute atomic E-state index is 13.6. The van der Waals surface area contributed by atoms with Gasteiger partial charge in [-0.1, -0.05) is 17.7 Å². The number of alkyl halides is 3. The standard InChI is InChI=1S/C25H23ClF3N5O4/c26-15-6-4-14(5-7-15)22(36)33-10-8-32(9-11-33)18-12-34(13-19(18)35)21-20-16(23(37)38)2-1-3-17(20)30-24(31-21)25(27,28)29/h1-7,18-19,35H,8-13H2,(H,37,38)/t18-,19-/m1/s1.